The molecule has 22 heavy (non-hydrogen) atoms. The third-order valence-electron chi connectivity index (χ3n) is 3.17. The van der Waals surface area contributed by atoms with Crippen molar-refractivity contribution < 1.29 is 32.6 Å². The molecule has 0 aromatic heterocycles. The number of β-amino-alcohol motifs (C(OH)–C–C–N with tert-alkyl or cyclic N) is 1. The van der Waals surface area contributed by atoms with Gasteiger partial charge in [0, 0.05) is 0 Å². The monoisotopic (exact) mass is 339 g/mol. The van der Waals surface area contributed by atoms with Gasteiger partial charge in [-0.25, -0.2) is 4.39 Å². The Bertz CT molecular complexity index is 567. The lowest BCUT2D eigenvalue weighted by Crippen LogP contribution is -2.37. The molecule has 1 aromatic carbocycles. The number of nitrogens with zero attached hydrogens (tertiary/aromatic N) is 1. The van der Waals surface area contributed by atoms with Crippen molar-refractivity contribution in [1.29, 1.82) is 0 Å². The summed E-state index contributed by atoms with van der Waals surface area (Å²) in [4.78, 5) is 12.8. The van der Waals surface area contributed by atoms with E-state index >= 15 is 0 Å². The van der Waals surface area contributed by atoms with Crippen molar-refractivity contribution in [2.45, 2.75) is 17.7 Å². The predicted octanol–water partition coefficient (Wildman–Crippen LogP) is 1.77. The SMILES string of the molecule is O=C1CSC(c2cc(F)ccc2C(F)(F)F)N1C[C@H](O)CO. The van der Waals surface area contributed by atoms with Crippen molar-refractivity contribution in [3.63, 3.8) is 0 Å². The molecule has 0 bridgehead atoms. The summed E-state index contributed by atoms with van der Waals surface area (Å²) >= 11 is 0.920. The van der Waals surface area contributed by atoms with Crippen molar-refractivity contribution in [2.75, 3.05) is 18.9 Å². The number of aliphatic hydroxyl groups excluding tert-OH is 2. The van der Waals surface area contributed by atoms with Gasteiger partial charge in [-0.15, -0.1) is 11.8 Å². The van der Waals surface area contributed by atoms with E-state index in [9.17, 15) is 27.5 Å². The maximum absolute atomic E-state index is 13.4. The molecule has 9 heteroatoms. The van der Waals surface area contributed by atoms with E-state index in [1.165, 1.54) is 0 Å². The van der Waals surface area contributed by atoms with E-state index in [0.717, 1.165) is 22.7 Å². The molecule has 1 saturated heterocycles. The Balaban J connectivity index is 2.41. The molecule has 0 radical (unpaired) electrons. The van der Waals surface area contributed by atoms with E-state index in [2.05, 4.69) is 0 Å². The van der Waals surface area contributed by atoms with Gasteiger partial charge in [-0.1, -0.05) is 0 Å². The first-order chi connectivity index (χ1) is 10.2. The molecular formula is C13H13F4NO3S. The van der Waals surface area contributed by atoms with Crippen LogP contribution in [0.2, 0.25) is 0 Å². The first-order valence-corrected chi connectivity index (χ1v) is 7.35. The Morgan fingerprint density at radius 3 is 2.68 bits per heavy atom. The summed E-state index contributed by atoms with van der Waals surface area (Å²) in [6.07, 6.45) is -5.95. The summed E-state index contributed by atoms with van der Waals surface area (Å²) in [5.74, 6) is -1.39. The number of carbonyl (C=O) groups is 1. The third-order valence-corrected chi connectivity index (χ3v) is 4.41. The van der Waals surface area contributed by atoms with E-state index in [-0.39, 0.29) is 17.9 Å². The summed E-state index contributed by atoms with van der Waals surface area (Å²) in [7, 11) is 0. The summed E-state index contributed by atoms with van der Waals surface area (Å²) in [5.41, 5.74) is -1.39. The van der Waals surface area contributed by atoms with Crippen molar-refractivity contribution >= 4 is 17.7 Å². The van der Waals surface area contributed by atoms with E-state index < -0.39 is 41.5 Å². The van der Waals surface area contributed by atoms with Crippen LogP contribution in [0.15, 0.2) is 18.2 Å². The second kappa shape index (κ2) is 6.43. The molecule has 4 nitrogen and oxygen atoms in total. The molecule has 1 heterocycles. The zero-order valence-corrected chi connectivity index (χ0v) is 12.0. The van der Waals surface area contributed by atoms with Gasteiger partial charge < -0.3 is 15.1 Å². The summed E-state index contributed by atoms with van der Waals surface area (Å²) in [6, 6.07) is 2.09. The van der Waals surface area contributed by atoms with Gasteiger partial charge in [-0.3, -0.25) is 4.79 Å². The number of benzene rings is 1. The molecule has 1 aliphatic heterocycles. The minimum atomic E-state index is -4.68. The maximum atomic E-state index is 13.4. The highest BCUT2D eigenvalue weighted by Gasteiger charge is 2.41. The Morgan fingerprint density at radius 2 is 2.09 bits per heavy atom. The smallest absolute Gasteiger partial charge is 0.394 e. The number of hydrogen-bond donors (Lipinski definition) is 2. The Labute approximate surface area is 127 Å². The number of aliphatic hydroxyl groups is 2. The Hall–Kier alpha value is -1.32. The van der Waals surface area contributed by atoms with Gasteiger partial charge >= 0.3 is 6.18 Å². The lowest BCUT2D eigenvalue weighted by Gasteiger charge is -2.28. The van der Waals surface area contributed by atoms with E-state index in [1.54, 1.807) is 0 Å². The van der Waals surface area contributed by atoms with Crippen LogP contribution in [0.5, 0.6) is 0 Å². The Morgan fingerprint density at radius 1 is 1.41 bits per heavy atom. The van der Waals surface area contributed by atoms with Gasteiger partial charge in [-0.05, 0) is 23.8 Å². The van der Waals surface area contributed by atoms with Crippen LogP contribution in [0.3, 0.4) is 0 Å². The van der Waals surface area contributed by atoms with Crippen LogP contribution in [0.25, 0.3) is 0 Å². The van der Waals surface area contributed by atoms with E-state index in [4.69, 9.17) is 5.11 Å². The van der Waals surface area contributed by atoms with Gasteiger partial charge in [-0.2, -0.15) is 13.2 Å². The minimum Gasteiger partial charge on any atom is -0.394 e. The fourth-order valence-corrected chi connectivity index (χ4v) is 3.41. The molecule has 1 amide bonds. The molecule has 1 aromatic rings. The Kier molecular flexibility index (Phi) is 4.98. The number of amides is 1. The highest BCUT2D eigenvalue weighted by molar-refractivity contribution is 8.00. The van der Waals surface area contributed by atoms with Gasteiger partial charge in [0.25, 0.3) is 0 Å². The molecule has 1 unspecified atom stereocenters. The maximum Gasteiger partial charge on any atom is 0.416 e. The van der Waals surface area contributed by atoms with Gasteiger partial charge in [0.1, 0.15) is 11.2 Å². The summed E-state index contributed by atoms with van der Waals surface area (Å²) < 4.78 is 52.6. The number of hydrogen-bond acceptors (Lipinski definition) is 4. The van der Waals surface area contributed by atoms with Crippen LogP contribution in [0.4, 0.5) is 17.6 Å². The first kappa shape index (κ1) is 17.0. The number of alkyl halides is 3. The van der Waals surface area contributed by atoms with Crippen molar-refractivity contribution in [2.24, 2.45) is 0 Å². The standard InChI is InChI=1S/C13H13F4NO3S/c14-7-1-2-10(13(15,16)17)9(3-7)12-18(4-8(20)5-19)11(21)6-22-12/h1-3,8,12,19-20H,4-6H2/t8-,12?/m0/s1. The molecule has 2 atom stereocenters. The fourth-order valence-electron chi connectivity index (χ4n) is 2.19. The molecule has 0 saturated carbocycles. The minimum absolute atomic E-state index is 0.0728. The zero-order valence-electron chi connectivity index (χ0n) is 11.2. The molecule has 1 fully saturated rings. The van der Waals surface area contributed by atoms with Gasteiger partial charge in [0.15, 0.2) is 0 Å². The highest BCUT2D eigenvalue weighted by Crippen LogP contribution is 2.44. The lowest BCUT2D eigenvalue weighted by atomic mass is 10.1. The van der Waals surface area contributed by atoms with Crippen LogP contribution in [0, 0.1) is 5.82 Å². The summed E-state index contributed by atoms with van der Waals surface area (Å²) in [6.45, 7) is -0.947. The first-order valence-electron chi connectivity index (χ1n) is 6.30. The number of rotatable bonds is 4. The lowest BCUT2D eigenvalue weighted by molar-refractivity contribution is -0.139. The van der Waals surface area contributed by atoms with Gasteiger partial charge in [0.2, 0.25) is 5.91 Å². The van der Waals surface area contributed by atoms with Crippen molar-refractivity contribution in [3.8, 4) is 0 Å². The van der Waals surface area contributed by atoms with Crippen LogP contribution in [-0.2, 0) is 11.0 Å². The quantitative estimate of drug-likeness (QED) is 0.821. The van der Waals surface area contributed by atoms with E-state index in [0.29, 0.717) is 12.1 Å². The molecule has 122 valence electrons. The topological polar surface area (TPSA) is 60.8 Å². The molecule has 2 N–H and O–H groups in total. The largest absolute Gasteiger partial charge is 0.416 e. The zero-order chi connectivity index (χ0) is 16.5. The van der Waals surface area contributed by atoms with Crippen LogP contribution >= 0.6 is 11.8 Å². The molecule has 1 aliphatic rings. The van der Waals surface area contributed by atoms with Crippen LogP contribution < -0.4 is 0 Å². The summed E-state index contributed by atoms with van der Waals surface area (Å²) in [5, 5.41) is 17.2. The van der Waals surface area contributed by atoms with Crippen LogP contribution in [-0.4, -0.2) is 46.0 Å². The van der Waals surface area contributed by atoms with Gasteiger partial charge in [0.05, 0.1) is 30.6 Å². The van der Waals surface area contributed by atoms with Crippen molar-refractivity contribution in [1.82, 2.24) is 4.90 Å². The molecule has 0 aliphatic carbocycles. The molecule has 2 rings (SSSR count). The van der Waals surface area contributed by atoms with Crippen LogP contribution in [0.1, 0.15) is 16.5 Å². The second-order valence-electron chi connectivity index (χ2n) is 4.78. The molecular weight excluding hydrogens is 326 g/mol. The predicted molar refractivity (Wildman–Crippen MR) is 71.4 cm³/mol. The third kappa shape index (κ3) is 3.53. The normalized spacial score (nSPS) is 20.5. The fraction of sp³-hybridized carbons (Fsp3) is 0.462. The average molecular weight is 339 g/mol. The second-order valence-corrected chi connectivity index (χ2v) is 5.84. The number of carbonyl (C=O) groups excluding carboxylic acids is 1. The average Bonchev–Trinajstić information content (AvgIpc) is 2.78. The highest BCUT2D eigenvalue weighted by atomic mass is 32.2. The number of halogens is 4. The van der Waals surface area contributed by atoms with Crippen molar-refractivity contribution in [3.05, 3.63) is 35.1 Å². The molecule has 0 spiro atoms. The number of thioether (sulfide) groups is 1. The van der Waals surface area contributed by atoms with E-state index in [1.807, 2.05) is 0 Å².